The Morgan fingerprint density at radius 1 is 1.80 bits per heavy atom. The molecule has 0 aromatic carbocycles. The van der Waals surface area contributed by atoms with Crippen molar-refractivity contribution in [2.45, 2.75) is 0 Å². The summed E-state index contributed by atoms with van der Waals surface area (Å²) in [7, 11) is 0. The van der Waals surface area contributed by atoms with Crippen LogP contribution < -0.4 is 0 Å². The highest BCUT2D eigenvalue weighted by Crippen LogP contribution is 1.34. The summed E-state index contributed by atoms with van der Waals surface area (Å²) in [6.07, 6.45) is 0. The maximum absolute atomic E-state index is 8.81. The summed E-state index contributed by atoms with van der Waals surface area (Å²) in [5.74, 6) is 0. The summed E-state index contributed by atoms with van der Waals surface area (Å²) in [5, 5.41) is 16.0. The molecule has 0 aliphatic heterocycles. The van der Waals surface area contributed by atoms with Crippen molar-refractivity contribution in [2.24, 2.45) is 0 Å². The first-order valence-electron chi connectivity index (χ1n) is 0.699. The first-order chi connectivity index (χ1) is 1.73. The molecule has 0 unspecified atom stereocenters. The van der Waals surface area contributed by atoms with Gasteiger partial charge < -0.3 is 5.21 Å². The highest BCUT2D eigenvalue weighted by Gasteiger charge is 1.50. The molecule has 0 aromatic heterocycles. The van der Waals surface area contributed by atoms with Crippen LogP contribution in [0.15, 0.2) is 0 Å². The van der Waals surface area contributed by atoms with E-state index in [1.54, 1.807) is 0 Å². The molecule has 27 valence electrons. The maximum Gasteiger partial charge on any atom is 0.197 e. The Morgan fingerprint density at radius 3 is 1.80 bits per heavy atom. The van der Waals surface area contributed by atoms with Crippen LogP contribution in [0.2, 0.25) is 0 Å². The van der Waals surface area contributed by atoms with E-state index < -0.39 is 4.90 Å². The van der Waals surface area contributed by atoms with Crippen LogP contribution in [0.25, 0.3) is 0 Å². The van der Waals surface area contributed by atoms with E-state index in [1.165, 1.54) is 0 Å². The van der Waals surface area contributed by atoms with Crippen molar-refractivity contribution in [3.8, 4) is 0 Å². The van der Waals surface area contributed by atoms with Gasteiger partial charge in [0.15, 0.2) is 6.72 Å². The van der Waals surface area contributed by atoms with E-state index in [2.05, 4.69) is 6.72 Å². The van der Waals surface area contributed by atoms with Gasteiger partial charge in [-0.3, -0.25) is 5.21 Å². The maximum atomic E-state index is 8.81. The molecule has 0 spiro atoms. The van der Waals surface area contributed by atoms with Crippen LogP contribution >= 0.6 is 0 Å². The lowest BCUT2D eigenvalue weighted by atomic mass is 10.8. The van der Waals surface area contributed by atoms with Crippen molar-refractivity contribution < 1.29 is 10.1 Å². The minimum absolute atomic E-state index is 0. The Labute approximate surface area is 31.7 Å². The third kappa shape index (κ3) is 13.4. The zero-order chi connectivity index (χ0) is 3.58. The van der Waals surface area contributed by atoms with Crippen molar-refractivity contribution in [1.82, 2.24) is 0 Å². The fourth-order valence-corrected chi connectivity index (χ4v) is 0. The summed E-state index contributed by atoms with van der Waals surface area (Å²) in [6, 6.07) is 0. The Bertz CT molecular complexity index is 32.6. The van der Waals surface area contributed by atoms with Crippen molar-refractivity contribution in [2.75, 3.05) is 0 Å². The van der Waals surface area contributed by atoms with Crippen LogP contribution in [0.4, 0.5) is 0 Å². The van der Waals surface area contributed by atoms with E-state index in [9.17, 15) is 0 Å². The molecular weight excluding hydrogens is 68.8 g/mol. The quantitative estimate of drug-likeness (QED) is 0.134. The van der Waals surface area contributed by atoms with Crippen LogP contribution in [0, 0.1) is 5.21 Å². The van der Waals surface area contributed by atoms with Crippen LogP contribution in [0.1, 0.15) is 0 Å². The number of hydrogen-bond acceptors (Lipinski definition) is 2. The van der Waals surface area contributed by atoms with Crippen LogP contribution in [-0.2, 0) is 0 Å². The summed E-state index contributed by atoms with van der Waals surface area (Å²) < 4.78 is 0. The molecule has 0 rings (SSSR count). The molecule has 3 radical (unpaired) electrons. The van der Waals surface area contributed by atoms with Gasteiger partial charge >= 0.3 is 0 Å². The van der Waals surface area contributed by atoms with Crippen molar-refractivity contribution >= 4 is 15.1 Å². The average Bonchev–Trinajstić information content (AvgIpc) is 0.811. The van der Waals surface area contributed by atoms with Gasteiger partial charge in [-0.15, -0.1) is 0 Å². The molecule has 0 saturated heterocycles. The largest absolute Gasteiger partial charge is 0.418 e. The molecule has 0 saturated carbocycles. The van der Waals surface area contributed by atoms with Gasteiger partial charge in [0.25, 0.3) is 0 Å². The molecule has 4 heteroatoms. The number of rotatable bonds is 0. The summed E-state index contributed by atoms with van der Waals surface area (Å²) >= 11 is 0. The molecule has 0 atom stereocenters. The number of nitrogens with zero attached hydrogens (tertiary/aromatic N) is 1. The average molecular weight is 71.9 g/mol. The Morgan fingerprint density at radius 2 is 1.80 bits per heavy atom. The van der Waals surface area contributed by atoms with Gasteiger partial charge in [0, 0.05) is 13.3 Å². The van der Waals surface area contributed by atoms with Crippen molar-refractivity contribution in [1.29, 1.82) is 0 Å². The van der Waals surface area contributed by atoms with Crippen LogP contribution in [0.3, 0.4) is 0 Å². The predicted molar refractivity (Wildman–Crippen MR) is 18.3 cm³/mol. The van der Waals surface area contributed by atoms with Crippen molar-refractivity contribution in [3.05, 3.63) is 5.21 Å². The molecule has 0 amide bonds. The van der Waals surface area contributed by atoms with E-state index in [0.717, 1.165) is 0 Å². The highest BCUT2D eigenvalue weighted by atomic mass is 16.8. The zero-order valence-electron chi connectivity index (χ0n) is 2.59. The number of hydrogen-bond donors (Lipinski definition) is 1. The minimum Gasteiger partial charge on any atom is -0.418 e. The Balaban J connectivity index is 0. The first-order valence-corrected chi connectivity index (χ1v) is 0.699. The lowest BCUT2D eigenvalue weighted by Gasteiger charge is -1.70. The smallest absolute Gasteiger partial charge is 0.197 e. The fourth-order valence-electron chi connectivity index (χ4n) is 0. The molecule has 1 N–H and O–H groups in total. The van der Waals surface area contributed by atoms with Gasteiger partial charge in [-0.25, -0.2) is 0 Å². The van der Waals surface area contributed by atoms with Crippen LogP contribution in [0.5, 0.6) is 0 Å². The highest BCUT2D eigenvalue weighted by molar-refractivity contribution is 5.75. The molecule has 0 bridgehead atoms. The van der Waals surface area contributed by atoms with E-state index in [4.69, 9.17) is 10.4 Å². The third-order valence-electron chi connectivity index (χ3n) is 0. The van der Waals surface area contributed by atoms with Gasteiger partial charge in [-0.2, -0.15) is 0 Å². The lowest BCUT2D eigenvalue weighted by molar-refractivity contribution is -0.719. The standard InChI is InChI=1S/CH3NO2.B/c1-2(3)4;/h1H2,(H,3,4);. The van der Waals surface area contributed by atoms with Gasteiger partial charge in [0.05, 0.1) is 0 Å². The van der Waals surface area contributed by atoms with E-state index in [-0.39, 0.29) is 8.41 Å². The zero-order valence-corrected chi connectivity index (χ0v) is 2.59. The normalized spacial score (nSPS) is 4.80. The Kier molecular flexibility index (Phi) is 5.90. The molecule has 0 aromatic rings. The molecular formula is CH3BNO2. The Hall–Kier alpha value is -0.665. The molecule has 3 nitrogen and oxygen atoms in total. The topological polar surface area (TPSA) is 46.3 Å². The van der Waals surface area contributed by atoms with E-state index in [1.807, 2.05) is 0 Å². The minimum atomic E-state index is -0.500. The summed E-state index contributed by atoms with van der Waals surface area (Å²) in [4.78, 5) is -0.500. The third-order valence-corrected chi connectivity index (χ3v) is 0. The monoisotopic (exact) mass is 72.0 g/mol. The second-order valence-corrected chi connectivity index (χ2v) is 0.352. The lowest BCUT2D eigenvalue weighted by Crippen LogP contribution is -1.84. The van der Waals surface area contributed by atoms with E-state index >= 15 is 0 Å². The molecule has 0 heterocycles. The second kappa shape index (κ2) is 3.33. The van der Waals surface area contributed by atoms with Gasteiger partial charge in [-0.05, 0) is 0 Å². The second-order valence-electron chi connectivity index (χ2n) is 0.352. The SMILES string of the molecule is C=[N+]([O-])O.[B]. The molecule has 0 fully saturated rings. The van der Waals surface area contributed by atoms with Crippen molar-refractivity contribution in [3.63, 3.8) is 0 Å². The van der Waals surface area contributed by atoms with Gasteiger partial charge in [0.2, 0.25) is 0 Å². The first kappa shape index (κ1) is 8.84. The predicted octanol–water partition coefficient (Wildman–Crippen LogP) is -0.794. The molecule has 0 aliphatic rings. The summed E-state index contributed by atoms with van der Waals surface area (Å²) in [5.41, 5.74) is 0. The fraction of sp³-hybridized carbons (Fsp3) is 0. The van der Waals surface area contributed by atoms with Gasteiger partial charge in [-0.1, -0.05) is 0 Å². The van der Waals surface area contributed by atoms with Gasteiger partial charge in [0.1, 0.15) is 0 Å². The van der Waals surface area contributed by atoms with Crippen LogP contribution in [-0.4, -0.2) is 25.2 Å². The summed E-state index contributed by atoms with van der Waals surface area (Å²) in [6.45, 7) is 2.47. The molecule has 5 heavy (non-hydrogen) atoms. The molecule has 0 aliphatic carbocycles. The van der Waals surface area contributed by atoms with E-state index in [0.29, 0.717) is 0 Å².